The smallest absolute Gasteiger partial charge is 0.278 e. The van der Waals surface area contributed by atoms with Gasteiger partial charge in [0, 0.05) is 47.2 Å². The minimum atomic E-state index is -1.65. The Labute approximate surface area is 260 Å². The average molecular weight is 637 g/mol. The van der Waals surface area contributed by atoms with Crippen LogP contribution < -0.4 is 9.47 Å². The summed E-state index contributed by atoms with van der Waals surface area (Å²) in [4.78, 5) is 16.6. The van der Waals surface area contributed by atoms with Crippen LogP contribution in [0.3, 0.4) is 0 Å². The molecule has 1 saturated heterocycles. The molecule has 0 N–H and O–H groups in total. The van der Waals surface area contributed by atoms with E-state index in [9.17, 15) is 9.18 Å². The van der Waals surface area contributed by atoms with E-state index in [0.29, 0.717) is 35.6 Å². The van der Waals surface area contributed by atoms with Gasteiger partial charge in [-0.15, -0.1) is 0 Å². The summed E-state index contributed by atoms with van der Waals surface area (Å²) >= 11 is 5.89. The van der Waals surface area contributed by atoms with Crippen LogP contribution in [-0.2, 0) is 23.5 Å². The molecule has 11 heteroatoms. The van der Waals surface area contributed by atoms with Crippen molar-refractivity contribution in [2.24, 2.45) is 0 Å². The number of para-hydroxylation sites is 1. The van der Waals surface area contributed by atoms with Crippen LogP contribution in [0.1, 0.15) is 47.6 Å². The molecule has 0 amide bonds. The number of halogens is 5. The van der Waals surface area contributed by atoms with Crippen LogP contribution in [0.15, 0.2) is 60.7 Å². The van der Waals surface area contributed by atoms with Crippen molar-refractivity contribution >= 4 is 28.4 Å². The van der Waals surface area contributed by atoms with E-state index >= 15 is 13.2 Å². The first-order valence-electron chi connectivity index (χ1n) is 14.3. The Balaban J connectivity index is 1.26. The van der Waals surface area contributed by atoms with Gasteiger partial charge in [0.25, 0.3) is 5.79 Å². The zero-order chi connectivity index (χ0) is 31.6. The summed E-state index contributed by atoms with van der Waals surface area (Å²) in [5.74, 6) is -5.69. The predicted octanol–water partition coefficient (Wildman–Crippen LogP) is 8.14. The van der Waals surface area contributed by atoms with Gasteiger partial charge in [0.2, 0.25) is 0 Å². The first-order chi connectivity index (χ1) is 21.5. The fraction of sp³-hybridized carbons (Fsp3) is 0.235. The van der Waals surface area contributed by atoms with E-state index < -0.39 is 40.2 Å². The zero-order valence-electron chi connectivity index (χ0n) is 24.1. The summed E-state index contributed by atoms with van der Waals surface area (Å²) in [5.41, 5.74) is 0.775. The second-order valence-electron chi connectivity index (χ2n) is 11.3. The second-order valence-corrected chi connectivity index (χ2v) is 11.7. The molecular weight excluding hydrogens is 612 g/mol. The van der Waals surface area contributed by atoms with Crippen molar-refractivity contribution in [3.63, 3.8) is 0 Å². The first kappa shape index (κ1) is 29.3. The van der Waals surface area contributed by atoms with Crippen LogP contribution in [0.5, 0.6) is 11.5 Å². The molecule has 0 bridgehead atoms. The van der Waals surface area contributed by atoms with Gasteiger partial charge in [-0.3, -0.25) is 4.79 Å². The maximum absolute atomic E-state index is 15.8. The number of ether oxygens (including phenoxy) is 3. The topological polar surface area (TPSA) is 62.6 Å². The molecule has 0 radical (unpaired) electrons. The van der Waals surface area contributed by atoms with Crippen molar-refractivity contribution in [1.82, 2.24) is 9.55 Å². The van der Waals surface area contributed by atoms with Gasteiger partial charge in [-0.25, -0.2) is 22.5 Å². The van der Waals surface area contributed by atoms with E-state index in [4.69, 9.17) is 25.8 Å². The van der Waals surface area contributed by atoms with Crippen LogP contribution >= 0.6 is 11.6 Å². The average Bonchev–Trinajstić information content (AvgIpc) is 3.51. The monoisotopic (exact) mass is 636 g/mol. The Kier molecular flexibility index (Phi) is 7.09. The number of nitrogens with zero attached hydrogens (tertiary/aromatic N) is 2. The molecule has 0 saturated carbocycles. The number of fused-ring (bicyclic) bond motifs is 2. The third-order valence-electron chi connectivity index (χ3n) is 8.29. The molecule has 4 aromatic carbocycles. The number of Topliss-reactive ketones (excluding diaryl/α,β-unsaturated/α-hetero) is 1. The first-order valence-corrected chi connectivity index (χ1v) is 14.6. The minimum Gasteiger partial charge on any atom is -0.444 e. The molecular formula is C34H25ClF4N2O4. The summed E-state index contributed by atoms with van der Waals surface area (Å²) in [7, 11) is 0. The maximum atomic E-state index is 15.8. The van der Waals surface area contributed by atoms with Crippen molar-refractivity contribution in [3.8, 4) is 22.6 Å². The number of hydrogen-bond acceptors (Lipinski definition) is 5. The highest BCUT2D eigenvalue weighted by Crippen LogP contribution is 2.50. The molecule has 2 aliphatic rings. The molecule has 230 valence electrons. The van der Waals surface area contributed by atoms with Crippen LogP contribution in [0, 0.1) is 23.3 Å². The van der Waals surface area contributed by atoms with Gasteiger partial charge in [-0.2, -0.15) is 0 Å². The van der Waals surface area contributed by atoms with Crippen molar-refractivity contribution in [3.05, 3.63) is 111 Å². The van der Waals surface area contributed by atoms with E-state index in [2.05, 4.69) is 4.98 Å². The lowest BCUT2D eigenvalue weighted by atomic mass is 9.99. The molecule has 7 rings (SSSR count). The molecule has 2 aliphatic heterocycles. The standard InChI is InChI=1S/C34H25ClF4N2O4/c1-17(42)18-6-9-27-28(12-18)41(16-20-10-11-43-20)30(40-27)15-23-25(36)14-22(31(38)32(23)39)21-4-3-5-29-33(21)45-34(2,44-29)24-8-7-19(35)13-26(24)37/h3-9,12-14,20H,10-11,15-16H2,1-2H3/t20-,34?/m0/s1. The number of carbonyl (C=O) groups is 1. The highest BCUT2D eigenvalue weighted by atomic mass is 35.5. The number of ketones is 1. The predicted molar refractivity (Wildman–Crippen MR) is 159 cm³/mol. The van der Waals surface area contributed by atoms with Crippen molar-refractivity contribution in [1.29, 1.82) is 0 Å². The SMILES string of the molecule is CC(=O)c1ccc2nc(Cc3c(F)cc(-c4cccc5c4OC(C)(c4ccc(Cl)cc4F)O5)c(F)c3F)n(C[C@@H]3CCO3)c2c1. The van der Waals surface area contributed by atoms with Crippen LogP contribution in [0.2, 0.25) is 5.02 Å². The van der Waals surface area contributed by atoms with E-state index in [0.717, 1.165) is 18.6 Å². The van der Waals surface area contributed by atoms with Gasteiger partial charge >= 0.3 is 0 Å². The van der Waals surface area contributed by atoms with Gasteiger partial charge in [0.1, 0.15) is 17.5 Å². The molecule has 6 nitrogen and oxygen atoms in total. The summed E-state index contributed by atoms with van der Waals surface area (Å²) in [6.07, 6.45) is 0.325. The normalized spacial score (nSPS) is 18.8. The Morgan fingerprint density at radius 1 is 1.00 bits per heavy atom. The number of benzene rings is 4. The van der Waals surface area contributed by atoms with E-state index in [1.165, 1.54) is 44.2 Å². The number of carbonyl (C=O) groups excluding carboxylic acids is 1. The fourth-order valence-electron chi connectivity index (χ4n) is 5.82. The Hall–Kier alpha value is -4.41. The molecule has 0 aliphatic carbocycles. The van der Waals surface area contributed by atoms with Crippen molar-refractivity contribution < 1.29 is 36.6 Å². The quantitative estimate of drug-likeness (QED) is 0.103. The number of aromatic nitrogens is 2. The highest BCUT2D eigenvalue weighted by molar-refractivity contribution is 6.30. The van der Waals surface area contributed by atoms with Crippen molar-refractivity contribution in [2.45, 2.75) is 45.1 Å². The van der Waals surface area contributed by atoms with Crippen LogP contribution in [-0.4, -0.2) is 28.0 Å². The summed E-state index contributed by atoms with van der Waals surface area (Å²) in [5, 5.41) is 0.178. The fourth-order valence-corrected chi connectivity index (χ4v) is 5.98. The number of imidazole rings is 1. The maximum Gasteiger partial charge on any atom is 0.278 e. The number of hydrogen-bond donors (Lipinski definition) is 0. The summed E-state index contributed by atoms with van der Waals surface area (Å²) in [6.45, 7) is 3.89. The van der Waals surface area contributed by atoms with Crippen LogP contribution in [0.25, 0.3) is 22.2 Å². The summed E-state index contributed by atoms with van der Waals surface area (Å²) in [6, 6.07) is 14.4. The van der Waals surface area contributed by atoms with E-state index in [1.807, 2.05) is 0 Å². The molecule has 3 heterocycles. The zero-order valence-corrected chi connectivity index (χ0v) is 24.9. The minimum absolute atomic E-state index is 0.00312. The lowest BCUT2D eigenvalue weighted by molar-refractivity contribution is -0.0705. The second kappa shape index (κ2) is 10.9. The van der Waals surface area contributed by atoms with Crippen LogP contribution in [0.4, 0.5) is 17.6 Å². The lowest BCUT2D eigenvalue weighted by Gasteiger charge is -2.27. The Bertz CT molecular complexity index is 2030. The lowest BCUT2D eigenvalue weighted by Crippen LogP contribution is -2.32. The van der Waals surface area contributed by atoms with E-state index in [1.54, 1.807) is 22.8 Å². The molecule has 1 fully saturated rings. The van der Waals surface area contributed by atoms with Crippen molar-refractivity contribution in [2.75, 3.05) is 6.61 Å². The summed E-state index contributed by atoms with van der Waals surface area (Å²) < 4.78 is 81.5. The third-order valence-corrected chi connectivity index (χ3v) is 8.53. The highest BCUT2D eigenvalue weighted by Gasteiger charge is 2.42. The van der Waals surface area contributed by atoms with Gasteiger partial charge in [0.15, 0.2) is 28.9 Å². The largest absolute Gasteiger partial charge is 0.444 e. The van der Waals surface area contributed by atoms with Gasteiger partial charge in [-0.1, -0.05) is 23.7 Å². The molecule has 1 unspecified atom stereocenters. The molecule has 45 heavy (non-hydrogen) atoms. The van der Waals surface area contributed by atoms with Gasteiger partial charge in [-0.05, 0) is 61.9 Å². The third kappa shape index (κ3) is 5.02. The van der Waals surface area contributed by atoms with E-state index in [-0.39, 0.29) is 46.0 Å². The Morgan fingerprint density at radius 2 is 1.80 bits per heavy atom. The molecule has 0 spiro atoms. The van der Waals surface area contributed by atoms with Gasteiger partial charge in [0.05, 0.1) is 29.2 Å². The Morgan fingerprint density at radius 3 is 2.51 bits per heavy atom. The number of rotatable bonds is 7. The molecule has 2 atom stereocenters. The molecule has 5 aromatic rings. The molecule has 1 aromatic heterocycles. The van der Waals surface area contributed by atoms with Gasteiger partial charge < -0.3 is 18.8 Å².